The quantitative estimate of drug-likeness (QED) is 0.128. The Morgan fingerprint density at radius 2 is 1.11 bits per heavy atom. The number of allylic oxidation sites excluding steroid dienone is 2. The van der Waals surface area contributed by atoms with Crippen molar-refractivity contribution in [3.8, 4) is 0 Å². The third kappa shape index (κ3) is 8.00. The van der Waals surface area contributed by atoms with E-state index in [-0.39, 0.29) is 0 Å². The maximum absolute atomic E-state index is 5.59. The predicted molar refractivity (Wildman–Crippen MR) is 191 cm³/mol. The van der Waals surface area contributed by atoms with Crippen LogP contribution in [0.3, 0.4) is 0 Å². The zero-order valence-electron chi connectivity index (χ0n) is 27.8. The smallest absolute Gasteiger partial charge is 0.0725 e. The van der Waals surface area contributed by atoms with Gasteiger partial charge in [-0.1, -0.05) is 79.1 Å². The molecule has 2 N–H and O–H groups in total. The molecule has 4 nitrogen and oxygen atoms in total. The Labute approximate surface area is 265 Å². The van der Waals surface area contributed by atoms with Crippen LogP contribution in [0.1, 0.15) is 151 Å². The highest BCUT2D eigenvalue weighted by atomic mass is 14.8. The van der Waals surface area contributed by atoms with Crippen molar-refractivity contribution in [2.45, 2.75) is 130 Å². The summed E-state index contributed by atoms with van der Waals surface area (Å²) < 4.78 is 0. The van der Waals surface area contributed by atoms with Gasteiger partial charge in [-0.15, -0.1) is 0 Å². The predicted octanol–water partition coefficient (Wildman–Crippen LogP) is 12.0. The number of fused-ring (bicyclic) bond motifs is 8. The molecule has 4 heteroatoms. The molecule has 0 fully saturated rings. The van der Waals surface area contributed by atoms with E-state index in [0.717, 1.165) is 53.8 Å². The van der Waals surface area contributed by atoms with E-state index < -0.39 is 0 Å². The first-order valence-corrected chi connectivity index (χ1v) is 17.8. The first kappa shape index (κ1) is 32.0. The lowest BCUT2D eigenvalue weighted by molar-refractivity contribution is 0.710. The highest BCUT2D eigenvalue weighted by Crippen LogP contribution is 2.40. The molecule has 0 aromatic carbocycles. The second kappa shape index (κ2) is 16.1. The number of rotatable bonds is 16. The number of hydrogen-bond acceptors (Lipinski definition) is 2. The van der Waals surface area contributed by atoms with Gasteiger partial charge in [-0.3, -0.25) is 0 Å². The van der Waals surface area contributed by atoms with Gasteiger partial charge in [0.05, 0.1) is 22.8 Å². The summed E-state index contributed by atoms with van der Waals surface area (Å²) >= 11 is 0. The van der Waals surface area contributed by atoms with E-state index >= 15 is 0 Å². The minimum absolute atomic E-state index is 0.978. The Morgan fingerprint density at radius 1 is 0.523 bits per heavy atom. The van der Waals surface area contributed by atoms with Crippen LogP contribution in [0.4, 0.5) is 0 Å². The Hall–Kier alpha value is -3.40. The summed E-state index contributed by atoms with van der Waals surface area (Å²) in [6, 6.07) is 13.4. The van der Waals surface area contributed by atoms with Crippen LogP contribution in [0.25, 0.3) is 45.4 Å². The number of nitrogens with one attached hydrogen (secondary N) is 2. The molecule has 0 spiro atoms. The van der Waals surface area contributed by atoms with Crippen LogP contribution in [0.15, 0.2) is 36.4 Å². The van der Waals surface area contributed by atoms with Crippen LogP contribution in [0.2, 0.25) is 0 Å². The summed E-state index contributed by atoms with van der Waals surface area (Å²) in [5.74, 6) is 0. The SMILES string of the molecule is CCCCCC1=C(CCCCC)c2nc1cc1nc(cc3ccc(cc4cc(CCCCC)c([nH]4)c2CCCCC)[nH]3)C=C1. The minimum atomic E-state index is 0.978. The van der Waals surface area contributed by atoms with Crippen molar-refractivity contribution in [1.29, 1.82) is 0 Å². The van der Waals surface area contributed by atoms with Crippen molar-refractivity contribution in [3.63, 3.8) is 0 Å². The number of nitrogens with zero attached hydrogens (tertiary/aromatic N) is 2. The van der Waals surface area contributed by atoms with E-state index in [9.17, 15) is 0 Å². The lowest BCUT2D eigenvalue weighted by atomic mass is 9.91. The molecule has 0 amide bonds. The molecular weight excluding hydrogens is 536 g/mol. The van der Waals surface area contributed by atoms with Gasteiger partial charge in [0.25, 0.3) is 0 Å². The third-order valence-electron chi connectivity index (χ3n) is 9.15. The van der Waals surface area contributed by atoms with Gasteiger partial charge in [-0.2, -0.15) is 0 Å². The lowest BCUT2D eigenvalue weighted by Gasteiger charge is -2.12. The van der Waals surface area contributed by atoms with Crippen LogP contribution in [-0.4, -0.2) is 19.9 Å². The summed E-state index contributed by atoms with van der Waals surface area (Å²) in [5, 5.41) is 0. The molecule has 3 aromatic rings. The van der Waals surface area contributed by atoms with Crippen molar-refractivity contribution in [1.82, 2.24) is 19.9 Å². The third-order valence-corrected chi connectivity index (χ3v) is 9.15. The largest absolute Gasteiger partial charge is 0.355 e. The molecule has 0 unspecified atom stereocenters. The van der Waals surface area contributed by atoms with Gasteiger partial charge in [0, 0.05) is 27.6 Å². The van der Waals surface area contributed by atoms with Gasteiger partial charge in [-0.25, -0.2) is 9.97 Å². The molecule has 3 aromatic heterocycles. The van der Waals surface area contributed by atoms with Crippen molar-refractivity contribution in [3.05, 3.63) is 70.3 Å². The Kier molecular flexibility index (Phi) is 11.7. The van der Waals surface area contributed by atoms with E-state index in [1.807, 2.05) is 0 Å². The van der Waals surface area contributed by atoms with Crippen molar-refractivity contribution < 1.29 is 0 Å². The average Bonchev–Trinajstić information content (AvgIpc) is 3.81. The van der Waals surface area contributed by atoms with Gasteiger partial charge in [0.1, 0.15) is 0 Å². The van der Waals surface area contributed by atoms with Crippen LogP contribution >= 0.6 is 0 Å². The fourth-order valence-electron chi connectivity index (χ4n) is 6.74. The second-order valence-electron chi connectivity index (χ2n) is 12.8. The average molecular weight is 591 g/mol. The number of unbranched alkanes of at least 4 members (excludes halogenated alkanes) is 8. The topological polar surface area (TPSA) is 57.4 Å². The van der Waals surface area contributed by atoms with Crippen LogP contribution in [0, 0.1) is 0 Å². The fraction of sp³-hybridized carbons (Fsp3) is 0.500. The van der Waals surface area contributed by atoms with Crippen molar-refractivity contribution in [2.75, 3.05) is 0 Å². The standard InChI is InChI=1S/C40H54N4/c1-5-9-13-17-29-25-34-27-32-22-21-30(41-32)26-31-23-24-33(42-31)28-38-35(18-14-10-6-2)36(19-15-11-7-3)40(44-38)37(39(29)43-34)20-16-12-8-4/h21-28,41,43H,5-20H2,1-4H3. The first-order valence-electron chi connectivity index (χ1n) is 17.8. The Bertz CT molecular complexity index is 1610. The number of aromatic amines is 2. The summed E-state index contributed by atoms with van der Waals surface area (Å²) in [7, 11) is 0. The number of H-pyrrole nitrogens is 2. The van der Waals surface area contributed by atoms with Crippen LogP contribution < -0.4 is 0 Å². The maximum atomic E-state index is 5.59. The number of aryl methyl sites for hydroxylation is 2. The maximum Gasteiger partial charge on any atom is 0.0725 e. The highest BCUT2D eigenvalue weighted by molar-refractivity contribution is 5.95. The highest BCUT2D eigenvalue weighted by Gasteiger charge is 2.24. The second-order valence-corrected chi connectivity index (χ2v) is 12.8. The molecule has 0 saturated heterocycles. The minimum Gasteiger partial charge on any atom is -0.355 e. The fourth-order valence-corrected chi connectivity index (χ4v) is 6.74. The van der Waals surface area contributed by atoms with E-state index in [1.165, 1.54) is 116 Å². The van der Waals surface area contributed by atoms with E-state index in [2.05, 4.69) is 86.2 Å². The molecule has 0 saturated carbocycles. The monoisotopic (exact) mass is 590 g/mol. The van der Waals surface area contributed by atoms with Crippen molar-refractivity contribution in [2.24, 2.45) is 0 Å². The van der Waals surface area contributed by atoms with Gasteiger partial charge >= 0.3 is 0 Å². The number of aromatic nitrogens is 4. The molecule has 0 atom stereocenters. The molecule has 5 rings (SSSR count). The Balaban J connectivity index is 1.83. The molecule has 2 aliphatic rings. The molecule has 0 aliphatic carbocycles. The summed E-state index contributed by atoms with van der Waals surface area (Å²) in [4.78, 5) is 18.1. The zero-order chi connectivity index (χ0) is 30.7. The Morgan fingerprint density at radius 3 is 1.80 bits per heavy atom. The molecule has 234 valence electrons. The van der Waals surface area contributed by atoms with Gasteiger partial charge in [0.15, 0.2) is 0 Å². The summed E-state index contributed by atoms with van der Waals surface area (Å²) in [5.41, 5.74) is 14.9. The molecule has 8 bridgehead atoms. The van der Waals surface area contributed by atoms with E-state index in [0.29, 0.717) is 0 Å². The summed E-state index contributed by atoms with van der Waals surface area (Å²) in [6.45, 7) is 9.21. The van der Waals surface area contributed by atoms with Gasteiger partial charge in [0.2, 0.25) is 0 Å². The van der Waals surface area contributed by atoms with E-state index in [4.69, 9.17) is 9.97 Å². The van der Waals surface area contributed by atoms with Crippen molar-refractivity contribution >= 4 is 45.4 Å². The summed E-state index contributed by atoms with van der Waals surface area (Å²) in [6.07, 6.45) is 23.4. The zero-order valence-corrected chi connectivity index (χ0v) is 27.8. The van der Waals surface area contributed by atoms with Gasteiger partial charge in [-0.05, 0) is 117 Å². The molecule has 44 heavy (non-hydrogen) atoms. The molecule has 2 aliphatic heterocycles. The molecular formula is C40H54N4. The van der Waals surface area contributed by atoms with Crippen LogP contribution in [-0.2, 0) is 12.8 Å². The first-order chi connectivity index (χ1) is 21.6. The number of hydrogen-bond donors (Lipinski definition) is 2. The lowest BCUT2D eigenvalue weighted by Crippen LogP contribution is -1.98. The normalized spacial score (nSPS) is 12.9. The molecule has 5 heterocycles. The van der Waals surface area contributed by atoms with E-state index in [1.54, 1.807) is 0 Å². The van der Waals surface area contributed by atoms with Crippen LogP contribution in [0.5, 0.6) is 0 Å². The molecule has 0 radical (unpaired) electrons. The van der Waals surface area contributed by atoms with Gasteiger partial charge < -0.3 is 9.97 Å².